The molecule has 2 aliphatic rings. The largest absolute Gasteiger partial charge is 0.468 e. The molecule has 5 heteroatoms. The van der Waals surface area contributed by atoms with Gasteiger partial charge < -0.3 is 9.47 Å². The minimum Gasteiger partial charge on any atom is -0.468 e. The zero-order chi connectivity index (χ0) is 18.5. The van der Waals surface area contributed by atoms with Gasteiger partial charge in [0, 0.05) is 5.92 Å². The molecule has 2 aromatic carbocycles. The van der Waals surface area contributed by atoms with E-state index in [1.54, 1.807) is 0 Å². The van der Waals surface area contributed by atoms with E-state index in [1.165, 1.54) is 14.2 Å². The first kappa shape index (κ1) is 16.8. The maximum atomic E-state index is 12.9. The Bertz CT molecular complexity index is 853. The lowest BCUT2D eigenvalue weighted by Crippen LogP contribution is -2.67. The van der Waals surface area contributed by atoms with Crippen molar-refractivity contribution in [3.05, 3.63) is 71.8 Å². The minimum absolute atomic E-state index is 0.217. The van der Waals surface area contributed by atoms with Gasteiger partial charge in [-0.2, -0.15) is 0 Å². The Hall–Kier alpha value is -2.66. The Kier molecular flexibility index (Phi) is 3.66. The van der Waals surface area contributed by atoms with Gasteiger partial charge in [0.15, 0.2) is 0 Å². The van der Waals surface area contributed by atoms with Crippen LogP contribution in [-0.4, -0.2) is 42.1 Å². The fourth-order valence-corrected chi connectivity index (χ4v) is 4.93. The first-order valence-electron chi connectivity index (χ1n) is 8.60. The summed E-state index contributed by atoms with van der Waals surface area (Å²) in [5, 5.41) is 0. The number of nitrogens with zero attached hydrogens (tertiary/aromatic N) is 1. The fraction of sp³-hybridized carbons (Fsp3) is 0.333. The molecule has 5 atom stereocenters. The molecule has 2 aliphatic heterocycles. The van der Waals surface area contributed by atoms with Crippen molar-refractivity contribution in [3.8, 4) is 0 Å². The van der Waals surface area contributed by atoms with E-state index in [9.17, 15) is 9.59 Å². The molecule has 26 heavy (non-hydrogen) atoms. The Morgan fingerprint density at radius 3 is 1.85 bits per heavy atom. The number of carbonyl (C=O) groups is 2. The molecular formula is C21H21NO4. The molecule has 134 valence electrons. The van der Waals surface area contributed by atoms with E-state index in [2.05, 4.69) is 0 Å². The molecule has 1 unspecified atom stereocenters. The second kappa shape index (κ2) is 5.68. The molecule has 2 heterocycles. The van der Waals surface area contributed by atoms with Crippen LogP contribution in [0.5, 0.6) is 0 Å². The quantitative estimate of drug-likeness (QED) is 0.626. The highest BCUT2D eigenvalue weighted by Crippen LogP contribution is 2.77. The summed E-state index contributed by atoms with van der Waals surface area (Å²) in [6.45, 7) is 1.85. The SMILES string of the molecule is COC(=O)[C@]12[C@H](c3ccccc3)N1[C@](C)(C(=O)OC)[C@H]2c1ccccc1. The number of hydrogen-bond acceptors (Lipinski definition) is 5. The van der Waals surface area contributed by atoms with Crippen molar-refractivity contribution in [3.63, 3.8) is 0 Å². The zero-order valence-corrected chi connectivity index (χ0v) is 15.0. The van der Waals surface area contributed by atoms with Gasteiger partial charge in [0.05, 0.1) is 20.3 Å². The maximum Gasteiger partial charge on any atom is 0.329 e. The molecule has 2 fully saturated rings. The van der Waals surface area contributed by atoms with E-state index in [0.29, 0.717) is 0 Å². The smallest absolute Gasteiger partial charge is 0.329 e. The average molecular weight is 351 g/mol. The minimum atomic E-state index is -0.926. The van der Waals surface area contributed by atoms with Gasteiger partial charge in [-0.1, -0.05) is 60.7 Å². The third kappa shape index (κ3) is 1.84. The average Bonchev–Trinajstić information content (AvgIpc) is 3.33. The second-order valence-electron chi connectivity index (χ2n) is 6.98. The Balaban J connectivity index is 1.89. The zero-order valence-electron chi connectivity index (χ0n) is 15.0. The van der Waals surface area contributed by atoms with Crippen molar-refractivity contribution >= 4 is 11.9 Å². The highest BCUT2D eigenvalue weighted by molar-refractivity contribution is 5.99. The molecule has 0 saturated carbocycles. The highest BCUT2D eigenvalue weighted by Gasteiger charge is 2.91. The molecule has 0 aliphatic carbocycles. The van der Waals surface area contributed by atoms with Crippen molar-refractivity contribution in [1.29, 1.82) is 0 Å². The Morgan fingerprint density at radius 2 is 1.35 bits per heavy atom. The van der Waals surface area contributed by atoms with Gasteiger partial charge in [-0.3, -0.25) is 9.69 Å². The van der Waals surface area contributed by atoms with E-state index in [4.69, 9.17) is 9.47 Å². The monoisotopic (exact) mass is 351 g/mol. The lowest BCUT2D eigenvalue weighted by Gasteiger charge is -2.49. The van der Waals surface area contributed by atoms with Crippen LogP contribution in [0.15, 0.2) is 60.7 Å². The van der Waals surface area contributed by atoms with E-state index < -0.39 is 11.1 Å². The van der Waals surface area contributed by atoms with Gasteiger partial charge in [0.25, 0.3) is 0 Å². The summed E-state index contributed by atoms with van der Waals surface area (Å²) < 4.78 is 10.3. The molecule has 0 aromatic heterocycles. The summed E-state index contributed by atoms with van der Waals surface area (Å²) in [6.07, 6.45) is 0. The summed E-state index contributed by atoms with van der Waals surface area (Å²) in [5.41, 5.74) is 0.123. The molecule has 0 amide bonds. The Morgan fingerprint density at radius 1 is 0.846 bits per heavy atom. The van der Waals surface area contributed by atoms with Crippen LogP contribution in [0.4, 0.5) is 0 Å². The van der Waals surface area contributed by atoms with Crippen molar-refractivity contribution in [2.75, 3.05) is 14.2 Å². The number of hydrogen-bond donors (Lipinski definition) is 0. The molecule has 2 aromatic rings. The van der Waals surface area contributed by atoms with E-state index in [0.717, 1.165) is 11.1 Å². The third-order valence-electron chi connectivity index (χ3n) is 5.87. The van der Waals surface area contributed by atoms with E-state index >= 15 is 0 Å². The molecule has 5 nitrogen and oxygen atoms in total. The molecular weight excluding hydrogens is 330 g/mol. The van der Waals surface area contributed by atoms with Crippen LogP contribution >= 0.6 is 0 Å². The Labute approximate surface area is 152 Å². The van der Waals surface area contributed by atoms with Crippen molar-refractivity contribution in [2.24, 2.45) is 0 Å². The van der Waals surface area contributed by atoms with Crippen LogP contribution < -0.4 is 0 Å². The van der Waals surface area contributed by atoms with E-state index in [1.807, 2.05) is 72.5 Å². The van der Waals surface area contributed by atoms with Crippen LogP contribution in [0, 0.1) is 0 Å². The summed E-state index contributed by atoms with van der Waals surface area (Å²) in [5.74, 6) is -1.01. The molecule has 0 radical (unpaired) electrons. The summed E-state index contributed by atoms with van der Waals surface area (Å²) in [7, 11) is 2.78. The summed E-state index contributed by atoms with van der Waals surface area (Å²) in [6, 6.07) is 19.2. The lowest BCUT2D eigenvalue weighted by molar-refractivity contribution is -0.169. The number of carbonyl (C=O) groups excluding carboxylic acids is 2. The first-order chi connectivity index (χ1) is 12.5. The highest BCUT2D eigenvalue weighted by atomic mass is 16.5. The topological polar surface area (TPSA) is 55.6 Å². The van der Waals surface area contributed by atoms with Crippen LogP contribution in [-0.2, 0) is 19.1 Å². The normalized spacial score (nSPS) is 34.2. The lowest BCUT2D eigenvalue weighted by atomic mass is 9.65. The number of methoxy groups -OCH3 is 2. The van der Waals surface area contributed by atoms with Gasteiger partial charge in [-0.05, 0) is 18.1 Å². The predicted molar refractivity (Wildman–Crippen MR) is 95.4 cm³/mol. The molecule has 0 bridgehead atoms. The molecule has 0 spiro atoms. The van der Waals surface area contributed by atoms with Crippen LogP contribution in [0.3, 0.4) is 0 Å². The molecule has 4 rings (SSSR count). The number of benzene rings is 2. The number of rotatable bonds is 4. The number of ether oxygens (including phenoxy) is 2. The standard InChI is InChI=1S/C21H21NO4/c1-20(18(23)25-2)16(14-10-6-4-7-11-14)21(19(24)26-3)17(22(20)21)15-12-8-5-9-13-15/h4-13,16-17H,1-3H3/t16-,17+,20+,21+,22?/m1/s1. The third-order valence-corrected chi connectivity index (χ3v) is 5.87. The van der Waals surface area contributed by atoms with Crippen LogP contribution in [0.1, 0.15) is 30.0 Å². The summed E-state index contributed by atoms with van der Waals surface area (Å²) >= 11 is 0. The summed E-state index contributed by atoms with van der Waals surface area (Å²) in [4.78, 5) is 27.6. The van der Waals surface area contributed by atoms with E-state index in [-0.39, 0.29) is 23.9 Å². The van der Waals surface area contributed by atoms with Crippen LogP contribution in [0.25, 0.3) is 0 Å². The van der Waals surface area contributed by atoms with Crippen molar-refractivity contribution in [2.45, 2.75) is 30.0 Å². The second-order valence-corrected chi connectivity index (χ2v) is 6.98. The number of fused-ring (bicyclic) bond motifs is 1. The van der Waals surface area contributed by atoms with Crippen molar-refractivity contribution in [1.82, 2.24) is 4.90 Å². The van der Waals surface area contributed by atoms with Gasteiger partial charge in [0.2, 0.25) is 0 Å². The fourth-order valence-electron chi connectivity index (χ4n) is 4.93. The first-order valence-corrected chi connectivity index (χ1v) is 8.60. The van der Waals surface area contributed by atoms with Gasteiger partial charge in [-0.25, -0.2) is 4.79 Å². The number of esters is 2. The van der Waals surface area contributed by atoms with Crippen molar-refractivity contribution < 1.29 is 19.1 Å². The van der Waals surface area contributed by atoms with Gasteiger partial charge in [-0.15, -0.1) is 0 Å². The van der Waals surface area contributed by atoms with Gasteiger partial charge >= 0.3 is 11.9 Å². The van der Waals surface area contributed by atoms with Crippen LogP contribution in [0.2, 0.25) is 0 Å². The molecule has 0 N–H and O–H groups in total. The maximum absolute atomic E-state index is 12.9. The predicted octanol–water partition coefficient (Wildman–Crippen LogP) is 2.68. The van der Waals surface area contributed by atoms with Gasteiger partial charge in [0.1, 0.15) is 11.1 Å². The molecule has 2 saturated heterocycles.